The molecular formula is C17H21N5O2. The van der Waals surface area contributed by atoms with E-state index in [4.69, 9.17) is 4.74 Å². The van der Waals surface area contributed by atoms with E-state index in [0.29, 0.717) is 19.7 Å². The number of rotatable bonds is 3. The molecule has 2 aromatic rings. The second-order valence-corrected chi connectivity index (χ2v) is 6.15. The maximum Gasteiger partial charge on any atom is 0.251 e. The van der Waals surface area contributed by atoms with Crippen molar-refractivity contribution in [1.29, 1.82) is 0 Å². The second kappa shape index (κ2) is 6.60. The van der Waals surface area contributed by atoms with Crippen LogP contribution in [0.25, 0.3) is 5.82 Å². The van der Waals surface area contributed by atoms with E-state index in [1.807, 2.05) is 46.1 Å². The highest BCUT2D eigenvalue weighted by Crippen LogP contribution is 2.18. The quantitative estimate of drug-likeness (QED) is 0.844. The van der Waals surface area contributed by atoms with Gasteiger partial charge in [0.25, 0.3) is 5.91 Å². The number of hydrogen-bond donors (Lipinski definition) is 0. The van der Waals surface area contributed by atoms with Crippen LogP contribution in [0.1, 0.15) is 12.8 Å². The minimum atomic E-state index is -0.225. The molecule has 7 heteroatoms. The molecule has 2 aliphatic rings. The van der Waals surface area contributed by atoms with Gasteiger partial charge in [-0.25, -0.2) is 0 Å². The van der Waals surface area contributed by atoms with Crippen LogP contribution in [0.5, 0.6) is 0 Å². The van der Waals surface area contributed by atoms with Gasteiger partial charge in [-0.1, -0.05) is 0 Å². The van der Waals surface area contributed by atoms with Crippen molar-refractivity contribution in [2.24, 2.45) is 0 Å². The zero-order valence-corrected chi connectivity index (χ0v) is 13.5. The Bertz CT molecular complexity index is 672. The van der Waals surface area contributed by atoms with Crippen molar-refractivity contribution in [2.45, 2.75) is 18.9 Å². The zero-order valence-electron chi connectivity index (χ0n) is 13.5. The normalized spacial score (nSPS) is 21.2. The molecule has 2 fully saturated rings. The van der Waals surface area contributed by atoms with Gasteiger partial charge >= 0.3 is 0 Å². The van der Waals surface area contributed by atoms with Gasteiger partial charge in [-0.05, 0) is 37.1 Å². The third-order valence-corrected chi connectivity index (χ3v) is 4.63. The summed E-state index contributed by atoms with van der Waals surface area (Å²) in [5.41, 5.74) is 0. The molecule has 2 saturated heterocycles. The summed E-state index contributed by atoms with van der Waals surface area (Å²) in [6.07, 6.45) is 5.50. The minimum Gasteiger partial charge on any atom is -0.368 e. The summed E-state index contributed by atoms with van der Waals surface area (Å²) in [7, 11) is 0. The monoisotopic (exact) mass is 327 g/mol. The maximum absolute atomic E-state index is 12.4. The van der Waals surface area contributed by atoms with Crippen LogP contribution in [-0.2, 0) is 9.53 Å². The molecule has 2 aliphatic heterocycles. The topological polar surface area (TPSA) is 63.5 Å². The van der Waals surface area contributed by atoms with Crippen LogP contribution >= 0.6 is 0 Å². The minimum absolute atomic E-state index is 0.140. The fourth-order valence-electron chi connectivity index (χ4n) is 3.24. The standard InChI is InChI=1S/C17H21N5O2/c23-17(14-4-3-13-24-14)22-11-9-21(10-12-22)16-6-5-15(18-19-16)20-7-1-2-8-20/h1-2,5-8,14H,3-4,9-13H2. The second-order valence-electron chi connectivity index (χ2n) is 6.15. The summed E-state index contributed by atoms with van der Waals surface area (Å²) in [6, 6.07) is 7.87. The smallest absolute Gasteiger partial charge is 0.251 e. The summed E-state index contributed by atoms with van der Waals surface area (Å²) >= 11 is 0. The predicted molar refractivity (Wildman–Crippen MR) is 89.1 cm³/mol. The highest BCUT2D eigenvalue weighted by atomic mass is 16.5. The maximum atomic E-state index is 12.4. The van der Waals surface area contributed by atoms with Crippen molar-refractivity contribution in [3.8, 4) is 5.82 Å². The third kappa shape index (κ3) is 2.99. The molecule has 0 bridgehead atoms. The van der Waals surface area contributed by atoms with E-state index in [0.717, 1.165) is 37.6 Å². The molecule has 2 aromatic heterocycles. The number of hydrogen-bond acceptors (Lipinski definition) is 5. The number of anilines is 1. The summed E-state index contributed by atoms with van der Waals surface area (Å²) in [5.74, 6) is 1.80. The number of carbonyl (C=O) groups is 1. The Kier molecular flexibility index (Phi) is 4.17. The van der Waals surface area contributed by atoms with Crippen LogP contribution in [0.2, 0.25) is 0 Å². The number of amides is 1. The number of nitrogens with zero attached hydrogens (tertiary/aromatic N) is 5. The molecule has 0 aromatic carbocycles. The Labute approximate surface area is 140 Å². The molecule has 4 heterocycles. The third-order valence-electron chi connectivity index (χ3n) is 4.63. The Morgan fingerprint density at radius 1 is 1.04 bits per heavy atom. The van der Waals surface area contributed by atoms with Crippen LogP contribution in [-0.4, -0.2) is 64.5 Å². The van der Waals surface area contributed by atoms with E-state index in [9.17, 15) is 4.79 Å². The first-order valence-corrected chi connectivity index (χ1v) is 8.44. The molecule has 126 valence electrons. The largest absolute Gasteiger partial charge is 0.368 e. The van der Waals surface area contributed by atoms with Crippen LogP contribution in [0.4, 0.5) is 5.82 Å². The van der Waals surface area contributed by atoms with Gasteiger partial charge in [-0.2, -0.15) is 0 Å². The summed E-state index contributed by atoms with van der Waals surface area (Å²) in [4.78, 5) is 16.5. The Hall–Kier alpha value is -2.41. The van der Waals surface area contributed by atoms with Gasteiger partial charge in [0, 0.05) is 45.2 Å². The molecule has 0 radical (unpaired) electrons. The van der Waals surface area contributed by atoms with Crippen molar-refractivity contribution < 1.29 is 9.53 Å². The van der Waals surface area contributed by atoms with E-state index < -0.39 is 0 Å². The lowest BCUT2D eigenvalue weighted by molar-refractivity contribution is -0.141. The molecule has 1 atom stereocenters. The number of aromatic nitrogens is 3. The summed E-state index contributed by atoms with van der Waals surface area (Å²) in [5, 5.41) is 8.62. The van der Waals surface area contributed by atoms with E-state index in [-0.39, 0.29) is 12.0 Å². The molecule has 0 N–H and O–H groups in total. The van der Waals surface area contributed by atoms with Crippen molar-refractivity contribution in [3.63, 3.8) is 0 Å². The van der Waals surface area contributed by atoms with Crippen molar-refractivity contribution in [1.82, 2.24) is 19.7 Å². The Balaban J connectivity index is 1.36. The van der Waals surface area contributed by atoms with Gasteiger partial charge in [0.15, 0.2) is 11.6 Å². The molecule has 1 unspecified atom stereocenters. The van der Waals surface area contributed by atoms with Crippen molar-refractivity contribution in [3.05, 3.63) is 36.7 Å². The average molecular weight is 327 g/mol. The predicted octanol–water partition coefficient (Wildman–Crippen LogP) is 1.09. The van der Waals surface area contributed by atoms with Crippen LogP contribution < -0.4 is 4.90 Å². The molecule has 0 saturated carbocycles. The lowest BCUT2D eigenvalue weighted by Crippen LogP contribution is -2.51. The van der Waals surface area contributed by atoms with Gasteiger partial charge in [0.1, 0.15) is 6.10 Å². The molecule has 0 spiro atoms. The lowest BCUT2D eigenvalue weighted by atomic mass is 10.2. The van der Waals surface area contributed by atoms with Gasteiger partial charge in [0.05, 0.1) is 0 Å². The molecule has 0 aliphatic carbocycles. The molecule has 7 nitrogen and oxygen atoms in total. The van der Waals surface area contributed by atoms with Crippen molar-refractivity contribution in [2.75, 3.05) is 37.7 Å². The average Bonchev–Trinajstić information content (AvgIpc) is 3.35. The first-order chi connectivity index (χ1) is 11.8. The Morgan fingerprint density at radius 3 is 2.38 bits per heavy atom. The molecule has 1 amide bonds. The van der Waals surface area contributed by atoms with E-state index in [2.05, 4.69) is 15.1 Å². The van der Waals surface area contributed by atoms with Gasteiger partial charge in [-0.15, -0.1) is 10.2 Å². The first kappa shape index (κ1) is 15.1. The van der Waals surface area contributed by atoms with Gasteiger partial charge in [0.2, 0.25) is 0 Å². The number of ether oxygens (including phenoxy) is 1. The van der Waals surface area contributed by atoms with Gasteiger partial charge < -0.3 is 19.1 Å². The van der Waals surface area contributed by atoms with Crippen molar-refractivity contribution >= 4 is 11.7 Å². The van der Waals surface area contributed by atoms with Crippen LogP contribution in [0, 0.1) is 0 Å². The highest BCUT2D eigenvalue weighted by molar-refractivity contribution is 5.81. The summed E-state index contributed by atoms with van der Waals surface area (Å²) in [6.45, 7) is 3.67. The first-order valence-electron chi connectivity index (χ1n) is 8.44. The van der Waals surface area contributed by atoms with Crippen LogP contribution in [0.3, 0.4) is 0 Å². The van der Waals surface area contributed by atoms with E-state index in [1.54, 1.807) is 0 Å². The summed E-state index contributed by atoms with van der Waals surface area (Å²) < 4.78 is 7.42. The fraction of sp³-hybridized carbons (Fsp3) is 0.471. The van der Waals surface area contributed by atoms with Crippen LogP contribution in [0.15, 0.2) is 36.7 Å². The molecular weight excluding hydrogens is 306 g/mol. The fourth-order valence-corrected chi connectivity index (χ4v) is 3.24. The lowest BCUT2D eigenvalue weighted by Gasteiger charge is -2.36. The highest BCUT2D eigenvalue weighted by Gasteiger charge is 2.30. The van der Waals surface area contributed by atoms with E-state index >= 15 is 0 Å². The molecule has 24 heavy (non-hydrogen) atoms. The SMILES string of the molecule is O=C(C1CCCO1)N1CCN(c2ccc(-n3cccc3)nn2)CC1. The zero-order chi connectivity index (χ0) is 16.4. The molecule has 4 rings (SSSR count). The van der Waals surface area contributed by atoms with Gasteiger partial charge in [-0.3, -0.25) is 4.79 Å². The number of carbonyl (C=O) groups excluding carboxylic acids is 1. The Morgan fingerprint density at radius 2 is 1.75 bits per heavy atom. The number of piperazine rings is 1. The van der Waals surface area contributed by atoms with E-state index in [1.165, 1.54) is 0 Å².